The molecule has 0 radical (unpaired) electrons. The van der Waals surface area contributed by atoms with E-state index in [0.717, 1.165) is 11.1 Å². The van der Waals surface area contributed by atoms with E-state index in [-0.39, 0.29) is 0 Å². The van der Waals surface area contributed by atoms with Crippen LogP contribution in [-0.4, -0.2) is 7.11 Å². The molecule has 0 spiro atoms. The SMILES string of the molecule is COc1cc(C(C)(N)c2ccc(C)c(C)c2)ccc1Cl. The molecular weight excluding hydrogens is 270 g/mol. The minimum atomic E-state index is -0.587. The average molecular weight is 290 g/mol. The number of halogens is 1. The molecule has 3 heteroatoms. The summed E-state index contributed by atoms with van der Waals surface area (Å²) < 4.78 is 5.27. The molecule has 0 saturated heterocycles. The van der Waals surface area contributed by atoms with E-state index in [9.17, 15) is 0 Å². The van der Waals surface area contributed by atoms with Crippen molar-refractivity contribution in [3.63, 3.8) is 0 Å². The van der Waals surface area contributed by atoms with Crippen LogP contribution in [0.3, 0.4) is 0 Å². The fourth-order valence-electron chi connectivity index (χ4n) is 2.21. The molecule has 0 heterocycles. The maximum absolute atomic E-state index is 6.55. The van der Waals surface area contributed by atoms with Crippen LogP contribution in [0.1, 0.15) is 29.2 Å². The summed E-state index contributed by atoms with van der Waals surface area (Å²) in [6.45, 7) is 6.19. The first-order valence-corrected chi connectivity index (χ1v) is 6.94. The summed E-state index contributed by atoms with van der Waals surface area (Å²) in [6, 6.07) is 12.0. The fraction of sp³-hybridized carbons (Fsp3) is 0.294. The summed E-state index contributed by atoms with van der Waals surface area (Å²) in [7, 11) is 1.61. The topological polar surface area (TPSA) is 35.2 Å². The molecule has 0 bridgehead atoms. The predicted octanol–water partition coefficient (Wildman–Crippen LogP) is 4.19. The molecule has 1 atom stereocenters. The van der Waals surface area contributed by atoms with Crippen molar-refractivity contribution in [1.82, 2.24) is 0 Å². The van der Waals surface area contributed by atoms with Crippen LogP contribution >= 0.6 is 11.6 Å². The second kappa shape index (κ2) is 5.47. The van der Waals surface area contributed by atoms with Crippen LogP contribution in [0.25, 0.3) is 0 Å². The average Bonchev–Trinajstić information content (AvgIpc) is 2.42. The lowest BCUT2D eigenvalue weighted by Crippen LogP contribution is -2.34. The van der Waals surface area contributed by atoms with Crippen molar-refractivity contribution in [2.24, 2.45) is 5.73 Å². The van der Waals surface area contributed by atoms with Gasteiger partial charge in [0.2, 0.25) is 0 Å². The summed E-state index contributed by atoms with van der Waals surface area (Å²) in [6.07, 6.45) is 0. The molecule has 0 aromatic heterocycles. The Kier molecular flexibility index (Phi) is 4.07. The quantitative estimate of drug-likeness (QED) is 0.919. The number of hydrogen-bond donors (Lipinski definition) is 1. The van der Waals surface area contributed by atoms with Gasteiger partial charge in [0.15, 0.2) is 0 Å². The Labute approximate surface area is 125 Å². The lowest BCUT2D eigenvalue weighted by atomic mass is 9.84. The number of rotatable bonds is 3. The molecule has 0 aliphatic heterocycles. The van der Waals surface area contributed by atoms with Gasteiger partial charge in [0.25, 0.3) is 0 Å². The molecule has 2 N–H and O–H groups in total. The van der Waals surface area contributed by atoms with Crippen molar-refractivity contribution in [1.29, 1.82) is 0 Å². The molecule has 0 amide bonds. The van der Waals surface area contributed by atoms with Crippen LogP contribution in [0.2, 0.25) is 5.02 Å². The van der Waals surface area contributed by atoms with Crippen LogP contribution in [0.15, 0.2) is 36.4 Å². The third kappa shape index (κ3) is 2.67. The molecular formula is C17H20ClNO. The Morgan fingerprint density at radius 3 is 2.20 bits per heavy atom. The van der Waals surface area contributed by atoms with Crippen molar-refractivity contribution >= 4 is 11.6 Å². The zero-order valence-corrected chi connectivity index (χ0v) is 13.1. The minimum absolute atomic E-state index is 0.587. The second-order valence-corrected chi connectivity index (χ2v) is 5.76. The molecule has 0 fully saturated rings. The molecule has 2 aromatic carbocycles. The van der Waals surface area contributed by atoms with E-state index in [2.05, 4.69) is 32.0 Å². The van der Waals surface area contributed by atoms with Crippen molar-refractivity contribution in [2.45, 2.75) is 26.3 Å². The van der Waals surface area contributed by atoms with E-state index in [0.29, 0.717) is 10.8 Å². The number of nitrogens with two attached hydrogens (primary N) is 1. The van der Waals surface area contributed by atoms with Crippen molar-refractivity contribution in [3.05, 3.63) is 63.7 Å². The van der Waals surface area contributed by atoms with E-state index >= 15 is 0 Å². The van der Waals surface area contributed by atoms with Gasteiger partial charge in [0.1, 0.15) is 5.75 Å². The van der Waals surface area contributed by atoms with Gasteiger partial charge in [-0.15, -0.1) is 0 Å². The highest BCUT2D eigenvalue weighted by molar-refractivity contribution is 6.32. The van der Waals surface area contributed by atoms with Crippen LogP contribution in [-0.2, 0) is 5.54 Å². The van der Waals surface area contributed by atoms with E-state index in [1.165, 1.54) is 11.1 Å². The first kappa shape index (κ1) is 14.9. The van der Waals surface area contributed by atoms with Gasteiger partial charge < -0.3 is 10.5 Å². The Morgan fingerprint density at radius 1 is 1.00 bits per heavy atom. The first-order chi connectivity index (χ1) is 9.36. The summed E-state index contributed by atoms with van der Waals surface area (Å²) in [5.41, 5.74) is 10.5. The predicted molar refractivity (Wildman–Crippen MR) is 84.6 cm³/mol. The molecule has 2 nitrogen and oxygen atoms in total. The molecule has 20 heavy (non-hydrogen) atoms. The van der Waals surface area contributed by atoms with Crippen LogP contribution in [0.4, 0.5) is 0 Å². The maximum Gasteiger partial charge on any atom is 0.137 e. The van der Waals surface area contributed by atoms with Gasteiger partial charge >= 0.3 is 0 Å². The lowest BCUT2D eigenvalue weighted by Gasteiger charge is -2.27. The van der Waals surface area contributed by atoms with Gasteiger partial charge in [-0.2, -0.15) is 0 Å². The second-order valence-electron chi connectivity index (χ2n) is 5.35. The van der Waals surface area contributed by atoms with Gasteiger partial charge in [-0.25, -0.2) is 0 Å². The van der Waals surface area contributed by atoms with Gasteiger partial charge in [-0.1, -0.05) is 35.9 Å². The number of methoxy groups -OCH3 is 1. The zero-order chi connectivity index (χ0) is 14.9. The summed E-state index contributed by atoms with van der Waals surface area (Å²) in [5, 5.41) is 0.590. The zero-order valence-electron chi connectivity index (χ0n) is 12.3. The van der Waals surface area contributed by atoms with Crippen molar-refractivity contribution in [2.75, 3.05) is 7.11 Å². The lowest BCUT2D eigenvalue weighted by molar-refractivity contribution is 0.413. The third-order valence-electron chi connectivity index (χ3n) is 3.86. The van der Waals surface area contributed by atoms with Gasteiger partial charge in [0.05, 0.1) is 17.7 Å². The Bertz CT molecular complexity index is 635. The summed E-state index contributed by atoms with van der Waals surface area (Å²) >= 11 is 6.07. The van der Waals surface area contributed by atoms with E-state index in [4.69, 9.17) is 22.1 Å². The van der Waals surface area contributed by atoms with E-state index in [1.54, 1.807) is 7.11 Å². The first-order valence-electron chi connectivity index (χ1n) is 6.57. The Hall–Kier alpha value is -1.51. The molecule has 0 aliphatic carbocycles. The molecule has 2 aromatic rings. The Balaban J connectivity index is 2.50. The van der Waals surface area contributed by atoms with Gasteiger partial charge in [-0.05, 0) is 55.2 Å². The third-order valence-corrected chi connectivity index (χ3v) is 4.17. The van der Waals surface area contributed by atoms with Crippen LogP contribution in [0, 0.1) is 13.8 Å². The van der Waals surface area contributed by atoms with Crippen LogP contribution < -0.4 is 10.5 Å². The standard InChI is InChI=1S/C17H20ClNO/c1-11-5-6-13(9-12(11)2)17(3,19)14-7-8-15(18)16(10-14)20-4/h5-10H,19H2,1-4H3. The minimum Gasteiger partial charge on any atom is -0.495 e. The number of ether oxygens (including phenoxy) is 1. The molecule has 0 saturated carbocycles. The highest BCUT2D eigenvalue weighted by Crippen LogP contribution is 2.33. The van der Waals surface area contributed by atoms with Gasteiger partial charge in [0, 0.05) is 0 Å². The number of hydrogen-bond acceptors (Lipinski definition) is 2. The highest BCUT2D eigenvalue weighted by Gasteiger charge is 2.25. The summed E-state index contributed by atoms with van der Waals surface area (Å²) in [5.74, 6) is 0.643. The van der Waals surface area contributed by atoms with Crippen molar-refractivity contribution < 1.29 is 4.74 Å². The highest BCUT2D eigenvalue weighted by atomic mass is 35.5. The molecule has 106 valence electrons. The maximum atomic E-state index is 6.55. The fourth-order valence-corrected chi connectivity index (χ4v) is 2.41. The normalized spacial score (nSPS) is 13.9. The Morgan fingerprint density at radius 2 is 1.60 bits per heavy atom. The van der Waals surface area contributed by atoms with E-state index < -0.39 is 5.54 Å². The monoisotopic (exact) mass is 289 g/mol. The van der Waals surface area contributed by atoms with Crippen molar-refractivity contribution in [3.8, 4) is 5.75 Å². The largest absolute Gasteiger partial charge is 0.495 e. The molecule has 1 unspecified atom stereocenters. The number of benzene rings is 2. The molecule has 0 aliphatic rings. The molecule has 2 rings (SSSR count). The van der Waals surface area contributed by atoms with E-state index in [1.807, 2.05) is 25.1 Å². The summed E-state index contributed by atoms with van der Waals surface area (Å²) in [4.78, 5) is 0. The number of aryl methyl sites for hydroxylation is 2. The van der Waals surface area contributed by atoms with Crippen LogP contribution in [0.5, 0.6) is 5.75 Å². The van der Waals surface area contributed by atoms with Gasteiger partial charge in [-0.3, -0.25) is 0 Å². The smallest absolute Gasteiger partial charge is 0.137 e.